The first-order valence-corrected chi connectivity index (χ1v) is 11.6. The predicted octanol–water partition coefficient (Wildman–Crippen LogP) is 3.86. The van der Waals surface area contributed by atoms with Crippen molar-refractivity contribution in [2.45, 2.75) is 63.2 Å². The van der Waals surface area contributed by atoms with E-state index in [1.54, 1.807) is 18.2 Å². The smallest absolute Gasteiger partial charge is 0.267 e. The molecule has 3 rings (SSSR count). The third-order valence-corrected chi connectivity index (χ3v) is 7.18. The van der Waals surface area contributed by atoms with Crippen LogP contribution < -0.4 is 5.43 Å². The molecule has 0 saturated carbocycles. The quantitative estimate of drug-likeness (QED) is 0.529. The highest BCUT2D eigenvalue weighted by Crippen LogP contribution is 2.22. The van der Waals surface area contributed by atoms with Crippen LogP contribution in [0.15, 0.2) is 45.9 Å². The minimum absolute atomic E-state index is 0.163. The van der Waals surface area contributed by atoms with Gasteiger partial charge in [-0.25, -0.2) is 13.8 Å². The van der Waals surface area contributed by atoms with Crippen molar-refractivity contribution < 1.29 is 13.2 Å². The number of nitrogens with zero attached hydrogens (tertiary/aromatic N) is 2. The number of sulfonamides is 1. The van der Waals surface area contributed by atoms with E-state index in [1.165, 1.54) is 28.8 Å². The lowest BCUT2D eigenvalue weighted by molar-refractivity contribution is 0.0954. The van der Waals surface area contributed by atoms with Crippen LogP contribution in [0.25, 0.3) is 0 Å². The summed E-state index contributed by atoms with van der Waals surface area (Å²) in [4.78, 5) is 12.7. The van der Waals surface area contributed by atoms with Gasteiger partial charge >= 0.3 is 0 Å². The number of nitrogens with one attached hydrogen (secondary N) is 1. The number of carbonyl (C=O) groups is 1. The van der Waals surface area contributed by atoms with Gasteiger partial charge in [-0.05, 0) is 62.3 Å². The fourth-order valence-electron chi connectivity index (χ4n) is 3.66. The van der Waals surface area contributed by atoms with Crippen LogP contribution in [0, 0.1) is 0 Å². The van der Waals surface area contributed by atoms with E-state index in [0.29, 0.717) is 18.7 Å². The lowest BCUT2D eigenvalue weighted by atomic mass is 10.1. The summed E-state index contributed by atoms with van der Waals surface area (Å²) in [6.07, 6.45) is 10.2. The van der Waals surface area contributed by atoms with Crippen LogP contribution in [-0.2, 0) is 10.0 Å². The Morgan fingerprint density at radius 2 is 2.00 bits per heavy atom. The van der Waals surface area contributed by atoms with E-state index in [0.717, 1.165) is 44.2 Å². The summed E-state index contributed by atoms with van der Waals surface area (Å²) in [6, 6.07) is 6.21. The highest BCUT2D eigenvalue weighted by Gasteiger charge is 2.27. The fraction of sp³-hybridized carbons (Fsp3) is 0.524. The molecule has 0 aromatic heterocycles. The summed E-state index contributed by atoms with van der Waals surface area (Å²) >= 11 is 0. The zero-order valence-electron chi connectivity index (χ0n) is 16.5. The van der Waals surface area contributed by atoms with Crippen LogP contribution in [0.2, 0.25) is 0 Å². The molecule has 1 saturated heterocycles. The third-order valence-electron chi connectivity index (χ3n) is 5.28. The summed E-state index contributed by atoms with van der Waals surface area (Å²) in [6.45, 7) is 3.26. The van der Waals surface area contributed by atoms with Crippen molar-refractivity contribution in [1.29, 1.82) is 0 Å². The zero-order valence-corrected chi connectivity index (χ0v) is 17.3. The van der Waals surface area contributed by atoms with Gasteiger partial charge in [-0.3, -0.25) is 4.79 Å². The Kier molecular flexibility index (Phi) is 7.02. The number of hydrogen-bond acceptors (Lipinski definition) is 4. The van der Waals surface area contributed by atoms with E-state index >= 15 is 0 Å². The van der Waals surface area contributed by atoms with Gasteiger partial charge in [0.25, 0.3) is 5.91 Å². The molecule has 1 amide bonds. The average molecular weight is 404 g/mol. The summed E-state index contributed by atoms with van der Waals surface area (Å²) in [5.74, 6) is -0.384. The number of rotatable bonds is 8. The predicted molar refractivity (Wildman–Crippen MR) is 111 cm³/mol. The second-order valence-electron chi connectivity index (χ2n) is 7.36. The van der Waals surface area contributed by atoms with Gasteiger partial charge < -0.3 is 0 Å². The molecule has 0 bridgehead atoms. The summed E-state index contributed by atoms with van der Waals surface area (Å²) in [5.41, 5.74) is 5.07. The van der Waals surface area contributed by atoms with Gasteiger partial charge in [0.15, 0.2) is 0 Å². The normalized spacial score (nSPS) is 19.2. The van der Waals surface area contributed by atoms with Crippen molar-refractivity contribution in [3.63, 3.8) is 0 Å². The minimum Gasteiger partial charge on any atom is -0.267 e. The Morgan fingerprint density at radius 3 is 2.75 bits per heavy atom. The van der Waals surface area contributed by atoms with Crippen molar-refractivity contribution in [2.75, 3.05) is 13.1 Å². The molecule has 1 aliphatic heterocycles. The molecule has 0 atom stereocenters. The number of hydrogen-bond donors (Lipinski definition) is 1. The number of amides is 1. The number of hydrazone groups is 1. The Hall–Kier alpha value is -1.99. The van der Waals surface area contributed by atoms with Crippen molar-refractivity contribution in [2.24, 2.45) is 5.10 Å². The molecule has 2 aliphatic rings. The number of carbonyl (C=O) groups excluding carboxylic acids is 1. The molecule has 152 valence electrons. The monoisotopic (exact) mass is 403 g/mol. The topological polar surface area (TPSA) is 78.8 Å². The van der Waals surface area contributed by atoms with Crippen LogP contribution in [-0.4, -0.2) is 37.4 Å². The third kappa shape index (κ3) is 4.89. The molecule has 7 heteroatoms. The van der Waals surface area contributed by atoms with E-state index in [-0.39, 0.29) is 10.8 Å². The summed E-state index contributed by atoms with van der Waals surface area (Å²) < 4.78 is 26.9. The number of allylic oxidation sites excluding steroid dienone is 2. The van der Waals surface area contributed by atoms with E-state index in [9.17, 15) is 13.2 Å². The van der Waals surface area contributed by atoms with Crippen LogP contribution in [0.1, 0.15) is 68.6 Å². The largest absolute Gasteiger partial charge is 0.271 e. The molecule has 0 radical (unpaired) electrons. The molecule has 1 heterocycles. The van der Waals surface area contributed by atoms with Gasteiger partial charge in [0.2, 0.25) is 10.0 Å². The van der Waals surface area contributed by atoms with E-state index in [2.05, 4.69) is 23.5 Å². The molecular weight excluding hydrogens is 374 g/mol. The zero-order chi connectivity index (χ0) is 20.0. The number of unbranched alkanes of at least 4 members (excludes halogenated alkanes) is 2. The standard InChI is InChI=1S/C21H29N3O3S/c1-2-3-4-9-17-10-8-13-20(17)22-23-21(25)18-11-7-12-19(16-18)28(26,27)24-14-5-6-15-24/h7,10-12,16H,2-6,8-9,13-15H2,1H3,(H,23,25). The van der Waals surface area contributed by atoms with Crippen LogP contribution in [0.4, 0.5) is 0 Å². The summed E-state index contributed by atoms with van der Waals surface area (Å²) in [5, 5.41) is 4.32. The fourth-order valence-corrected chi connectivity index (χ4v) is 5.22. The first-order valence-electron chi connectivity index (χ1n) is 10.2. The molecule has 1 aliphatic carbocycles. The molecule has 1 aromatic rings. The Morgan fingerprint density at radius 1 is 1.21 bits per heavy atom. The minimum atomic E-state index is -3.54. The Bertz CT molecular complexity index is 869. The second-order valence-corrected chi connectivity index (χ2v) is 9.30. The van der Waals surface area contributed by atoms with Gasteiger partial charge in [-0.2, -0.15) is 9.41 Å². The van der Waals surface area contributed by atoms with Crippen LogP contribution >= 0.6 is 0 Å². The first-order chi connectivity index (χ1) is 13.5. The molecular formula is C21H29N3O3S. The van der Waals surface area contributed by atoms with Gasteiger partial charge in [-0.1, -0.05) is 31.9 Å². The number of benzene rings is 1. The maximum Gasteiger partial charge on any atom is 0.271 e. The highest BCUT2D eigenvalue weighted by molar-refractivity contribution is 7.89. The first kappa shape index (κ1) is 20.7. The SMILES string of the molecule is CCCCCC1=CCCC1=NNC(=O)c1cccc(S(=O)(=O)N2CCCC2)c1. The molecule has 1 N–H and O–H groups in total. The van der Waals surface area contributed by atoms with E-state index in [1.807, 2.05) is 0 Å². The molecule has 0 unspecified atom stereocenters. The summed E-state index contributed by atoms with van der Waals surface area (Å²) in [7, 11) is -3.54. The molecule has 0 spiro atoms. The highest BCUT2D eigenvalue weighted by atomic mass is 32.2. The lowest BCUT2D eigenvalue weighted by Crippen LogP contribution is -2.28. The second kappa shape index (κ2) is 9.47. The maximum atomic E-state index is 12.7. The van der Waals surface area contributed by atoms with Crippen LogP contribution in [0.5, 0.6) is 0 Å². The lowest BCUT2D eigenvalue weighted by Gasteiger charge is -2.15. The van der Waals surface area contributed by atoms with Gasteiger partial charge in [0.1, 0.15) is 0 Å². The Labute approximate surface area is 167 Å². The maximum absolute atomic E-state index is 12.7. The molecule has 1 fully saturated rings. The van der Waals surface area contributed by atoms with Crippen molar-refractivity contribution in [1.82, 2.24) is 9.73 Å². The van der Waals surface area contributed by atoms with E-state index < -0.39 is 10.0 Å². The average Bonchev–Trinajstić information content (AvgIpc) is 3.39. The van der Waals surface area contributed by atoms with Crippen molar-refractivity contribution in [3.8, 4) is 0 Å². The van der Waals surface area contributed by atoms with Crippen molar-refractivity contribution >= 4 is 21.6 Å². The van der Waals surface area contributed by atoms with E-state index in [4.69, 9.17) is 0 Å². The van der Waals surface area contributed by atoms with Gasteiger partial charge in [0, 0.05) is 18.7 Å². The van der Waals surface area contributed by atoms with Gasteiger partial charge in [0.05, 0.1) is 10.6 Å². The molecule has 28 heavy (non-hydrogen) atoms. The van der Waals surface area contributed by atoms with Gasteiger partial charge in [-0.15, -0.1) is 0 Å². The molecule has 1 aromatic carbocycles. The molecule has 6 nitrogen and oxygen atoms in total. The Balaban J connectivity index is 1.67. The van der Waals surface area contributed by atoms with Crippen molar-refractivity contribution in [3.05, 3.63) is 41.5 Å². The van der Waals surface area contributed by atoms with Crippen LogP contribution in [0.3, 0.4) is 0 Å².